The van der Waals surface area contributed by atoms with Crippen molar-refractivity contribution in [3.05, 3.63) is 29.8 Å². The third kappa shape index (κ3) is 35.5. The Morgan fingerprint density at radius 2 is 0.932 bits per heavy atom. The highest BCUT2D eigenvalue weighted by atomic mass is 16.5. The topological polar surface area (TPSA) is 228 Å². The highest BCUT2D eigenvalue weighted by molar-refractivity contribution is 5.80. The van der Waals surface area contributed by atoms with E-state index in [1.165, 1.54) is 63.5 Å². The first kappa shape index (κ1) is 52.9. The predicted octanol–water partition coefficient (Wildman–Crippen LogP) is 4.14. The van der Waals surface area contributed by atoms with Crippen LogP contribution in [0.3, 0.4) is 0 Å². The molecule has 0 aromatic heterocycles. The molecule has 0 radical (unpaired) electrons. The minimum atomic E-state index is -0.710. The molecule has 0 fully saturated rings. The summed E-state index contributed by atoms with van der Waals surface area (Å²) in [6.45, 7) is 2.15. The van der Waals surface area contributed by atoms with Crippen LogP contribution in [0.2, 0.25) is 0 Å². The number of carbonyl (C=O) groups excluding carboxylic acids is 5. The molecule has 336 valence electrons. The van der Waals surface area contributed by atoms with Gasteiger partial charge in [-0.2, -0.15) is 0 Å². The Kier molecular flexibility index (Phi) is 34.2. The SMILES string of the molecule is O=C[C@H](Cc1ccc(O)cc1)NC(=O)COCCOCCNC(=O)COCCOCCNC(=O)CCCNC(=O)CCCCCCCCCCCCCCCCC(=O)O. The van der Waals surface area contributed by atoms with Crippen molar-refractivity contribution in [2.24, 2.45) is 0 Å². The van der Waals surface area contributed by atoms with E-state index in [2.05, 4.69) is 21.3 Å². The zero-order valence-electron chi connectivity index (χ0n) is 35.2. The van der Waals surface area contributed by atoms with E-state index in [4.69, 9.17) is 24.1 Å². The third-order valence-electron chi connectivity index (χ3n) is 9.20. The number of phenols is 1. The molecule has 0 aliphatic carbocycles. The summed E-state index contributed by atoms with van der Waals surface area (Å²) >= 11 is 0. The van der Waals surface area contributed by atoms with Crippen LogP contribution < -0.4 is 21.3 Å². The van der Waals surface area contributed by atoms with E-state index in [-0.39, 0.29) is 82.7 Å². The van der Waals surface area contributed by atoms with Crippen LogP contribution in [0.15, 0.2) is 24.3 Å². The molecule has 0 saturated heterocycles. The summed E-state index contributed by atoms with van der Waals surface area (Å²) in [5.41, 5.74) is 0.795. The third-order valence-corrected chi connectivity index (χ3v) is 9.20. The quantitative estimate of drug-likeness (QED) is 0.0404. The van der Waals surface area contributed by atoms with Gasteiger partial charge in [0, 0.05) is 38.9 Å². The van der Waals surface area contributed by atoms with Crippen molar-refractivity contribution in [1.82, 2.24) is 21.3 Å². The summed E-state index contributed by atoms with van der Waals surface area (Å²) in [6.07, 6.45) is 18.7. The minimum Gasteiger partial charge on any atom is -0.508 e. The zero-order valence-corrected chi connectivity index (χ0v) is 35.2. The molecule has 0 bridgehead atoms. The van der Waals surface area contributed by atoms with Gasteiger partial charge in [-0.25, -0.2) is 0 Å². The Morgan fingerprint density at radius 3 is 1.44 bits per heavy atom. The second-order valence-electron chi connectivity index (χ2n) is 14.5. The zero-order chi connectivity index (χ0) is 43.0. The van der Waals surface area contributed by atoms with Crippen LogP contribution in [0.5, 0.6) is 5.75 Å². The highest BCUT2D eigenvalue weighted by Gasteiger charge is 2.12. The highest BCUT2D eigenvalue weighted by Crippen LogP contribution is 2.14. The monoisotopic (exact) mass is 837 g/mol. The number of rotatable bonds is 41. The van der Waals surface area contributed by atoms with Crippen LogP contribution in [0.1, 0.15) is 121 Å². The lowest BCUT2D eigenvalue weighted by molar-refractivity contribution is -0.137. The van der Waals surface area contributed by atoms with Crippen molar-refractivity contribution in [1.29, 1.82) is 0 Å². The number of carboxylic acids is 1. The fraction of sp³-hybridized carbons (Fsp3) is 0.721. The number of phenolic OH excluding ortho intramolecular Hbond substituents is 1. The van der Waals surface area contributed by atoms with Gasteiger partial charge >= 0.3 is 5.97 Å². The number of benzene rings is 1. The first-order valence-electron chi connectivity index (χ1n) is 21.5. The molecule has 1 aromatic rings. The van der Waals surface area contributed by atoms with Gasteiger partial charge in [-0.3, -0.25) is 24.0 Å². The maximum Gasteiger partial charge on any atom is 0.303 e. The van der Waals surface area contributed by atoms with Gasteiger partial charge < -0.3 is 55.2 Å². The van der Waals surface area contributed by atoms with Crippen LogP contribution in [0.25, 0.3) is 0 Å². The molecule has 4 amide bonds. The van der Waals surface area contributed by atoms with Crippen LogP contribution in [0, 0.1) is 0 Å². The summed E-state index contributed by atoms with van der Waals surface area (Å²) in [5, 5.41) is 28.9. The summed E-state index contributed by atoms with van der Waals surface area (Å²) in [5.74, 6) is -1.39. The van der Waals surface area contributed by atoms with Crippen molar-refractivity contribution in [2.75, 3.05) is 72.5 Å². The first-order valence-corrected chi connectivity index (χ1v) is 21.5. The number of hydrogen-bond donors (Lipinski definition) is 6. The molecular weight excluding hydrogens is 764 g/mol. The summed E-state index contributed by atoms with van der Waals surface area (Å²) < 4.78 is 21.4. The lowest BCUT2D eigenvalue weighted by atomic mass is 10.0. The van der Waals surface area contributed by atoms with Gasteiger partial charge in [-0.05, 0) is 43.4 Å². The Labute approximate surface area is 350 Å². The summed E-state index contributed by atoms with van der Waals surface area (Å²) in [4.78, 5) is 69.8. The fourth-order valence-corrected chi connectivity index (χ4v) is 5.95. The van der Waals surface area contributed by atoms with Crippen molar-refractivity contribution < 1.29 is 57.9 Å². The molecular formula is C43H72N4O12. The Morgan fingerprint density at radius 1 is 0.508 bits per heavy atom. The van der Waals surface area contributed by atoms with Crippen LogP contribution in [-0.2, 0) is 54.1 Å². The average Bonchev–Trinajstić information content (AvgIpc) is 3.21. The van der Waals surface area contributed by atoms with Gasteiger partial charge in [-0.15, -0.1) is 0 Å². The number of carboxylic acid groups (broad SMARTS) is 1. The summed E-state index contributed by atoms with van der Waals surface area (Å²) in [6, 6.07) is 5.66. The predicted molar refractivity (Wildman–Crippen MR) is 223 cm³/mol. The van der Waals surface area contributed by atoms with E-state index >= 15 is 0 Å². The van der Waals surface area contributed by atoms with Crippen molar-refractivity contribution >= 4 is 35.9 Å². The number of aliphatic carboxylic acids is 1. The molecule has 1 aromatic carbocycles. The van der Waals surface area contributed by atoms with Crippen LogP contribution in [0.4, 0.5) is 0 Å². The molecule has 1 atom stereocenters. The van der Waals surface area contributed by atoms with Gasteiger partial charge in [-0.1, -0.05) is 89.2 Å². The molecule has 0 spiro atoms. The lowest BCUT2D eigenvalue weighted by Gasteiger charge is -2.13. The minimum absolute atomic E-state index is 0.0319. The van der Waals surface area contributed by atoms with E-state index in [9.17, 15) is 33.9 Å². The maximum absolute atomic E-state index is 12.1. The molecule has 16 heteroatoms. The van der Waals surface area contributed by atoms with E-state index in [0.29, 0.717) is 51.7 Å². The molecule has 59 heavy (non-hydrogen) atoms. The molecule has 0 aliphatic rings. The Bertz CT molecular complexity index is 1270. The normalized spacial score (nSPS) is 11.5. The number of hydrogen-bond acceptors (Lipinski definition) is 11. The van der Waals surface area contributed by atoms with E-state index in [0.717, 1.165) is 44.1 Å². The summed E-state index contributed by atoms with van der Waals surface area (Å²) in [7, 11) is 0. The molecule has 1 rings (SSSR count). The molecule has 0 heterocycles. The van der Waals surface area contributed by atoms with Gasteiger partial charge in [0.1, 0.15) is 25.2 Å². The van der Waals surface area contributed by atoms with Gasteiger partial charge in [0.25, 0.3) is 0 Å². The number of aromatic hydroxyl groups is 1. The Balaban J connectivity index is 1.81. The molecule has 0 unspecified atom stereocenters. The Hall–Kier alpha value is -4.12. The van der Waals surface area contributed by atoms with E-state index in [1.807, 2.05) is 0 Å². The molecule has 16 nitrogen and oxygen atoms in total. The van der Waals surface area contributed by atoms with Crippen LogP contribution in [-0.4, -0.2) is 125 Å². The maximum atomic E-state index is 12.1. The van der Waals surface area contributed by atoms with Crippen molar-refractivity contribution in [2.45, 2.75) is 128 Å². The molecule has 6 N–H and O–H groups in total. The smallest absolute Gasteiger partial charge is 0.303 e. The van der Waals surface area contributed by atoms with Crippen molar-refractivity contribution in [3.8, 4) is 5.75 Å². The number of nitrogens with one attached hydrogen (secondary N) is 4. The van der Waals surface area contributed by atoms with E-state index < -0.39 is 17.9 Å². The van der Waals surface area contributed by atoms with E-state index in [1.54, 1.807) is 12.1 Å². The number of carbonyl (C=O) groups is 6. The fourth-order valence-electron chi connectivity index (χ4n) is 5.95. The number of unbranched alkanes of at least 4 members (excludes halogenated alkanes) is 13. The number of ether oxygens (including phenoxy) is 4. The number of aldehydes is 1. The van der Waals surface area contributed by atoms with Crippen molar-refractivity contribution in [3.63, 3.8) is 0 Å². The lowest BCUT2D eigenvalue weighted by Crippen LogP contribution is -2.39. The van der Waals surface area contributed by atoms with Crippen LogP contribution >= 0.6 is 0 Å². The first-order chi connectivity index (χ1) is 28.7. The van der Waals surface area contributed by atoms with Gasteiger partial charge in [0.15, 0.2) is 0 Å². The van der Waals surface area contributed by atoms with Gasteiger partial charge in [0.05, 0.1) is 45.7 Å². The van der Waals surface area contributed by atoms with Gasteiger partial charge in [0.2, 0.25) is 23.6 Å². The largest absolute Gasteiger partial charge is 0.508 e. The standard InChI is InChI=1S/C43H72N4O12/c48-33-37(32-36-19-21-38(49)22-20-36)47-42(53)35-59-31-29-57-27-25-46-41(52)34-58-30-28-56-26-24-45-40(51)17-15-23-44-39(50)16-13-11-9-7-5-3-1-2-4-6-8-10-12-14-18-43(54)55/h19-22,33,37,49H,1-18,23-32,34-35H2,(H,44,50)(H,45,51)(H,46,52)(H,47,53)(H,54,55)/t37-/m0/s1. The average molecular weight is 837 g/mol. The second kappa shape index (κ2) is 38.1. The number of amides is 4. The molecule has 0 saturated carbocycles. The second-order valence-corrected chi connectivity index (χ2v) is 14.5. The molecule has 0 aliphatic heterocycles.